The molecule has 1 heterocycles. The van der Waals surface area contributed by atoms with Gasteiger partial charge in [-0.15, -0.1) is 0 Å². The molecule has 1 N–H and O–H groups in total. The second-order valence-electron chi connectivity index (χ2n) is 3.12. The van der Waals surface area contributed by atoms with Crippen LogP contribution < -0.4 is 5.32 Å². The highest BCUT2D eigenvalue weighted by Gasteiger charge is 2.26. The van der Waals surface area contributed by atoms with Crippen molar-refractivity contribution in [1.82, 2.24) is 5.32 Å². The van der Waals surface area contributed by atoms with E-state index in [1.165, 1.54) is 0 Å². The van der Waals surface area contributed by atoms with Crippen molar-refractivity contribution in [2.45, 2.75) is 26.3 Å². The molecule has 2 heteroatoms. The fourth-order valence-electron chi connectivity index (χ4n) is 1.28. The summed E-state index contributed by atoms with van der Waals surface area (Å²) in [5, 5.41) is 2.86. The third-order valence-electron chi connectivity index (χ3n) is 1.81. The van der Waals surface area contributed by atoms with Crippen LogP contribution in [0.3, 0.4) is 0 Å². The van der Waals surface area contributed by atoms with Crippen LogP contribution in [0.5, 0.6) is 0 Å². The van der Waals surface area contributed by atoms with Gasteiger partial charge in [-0.1, -0.05) is 20.4 Å². The maximum atomic E-state index is 10.8. The molecule has 0 aliphatic carbocycles. The molecule has 0 aromatic heterocycles. The van der Waals surface area contributed by atoms with Gasteiger partial charge in [0.15, 0.2) is 0 Å². The molecule has 0 aromatic rings. The Morgan fingerprint density at radius 3 is 2.50 bits per heavy atom. The van der Waals surface area contributed by atoms with Gasteiger partial charge in [0, 0.05) is 6.42 Å². The summed E-state index contributed by atoms with van der Waals surface area (Å²) in [5.41, 5.74) is 1.03. The fourth-order valence-corrected chi connectivity index (χ4v) is 1.28. The molecule has 1 unspecified atom stereocenters. The third-order valence-corrected chi connectivity index (χ3v) is 1.81. The summed E-state index contributed by atoms with van der Waals surface area (Å²) in [4.78, 5) is 10.8. The highest BCUT2D eigenvalue weighted by molar-refractivity contribution is 5.82. The number of amides is 1. The standard InChI is InChI=1S/C8H13NO/c1-5(2)8-6(3)4-7(10)9-8/h5,8H,3-4H2,1-2H3,(H,9,10). The number of carbonyl (C=O) groups is 1. The molecule has 1 saturated heterocycles. The van der Waals surface area contributed by atoms with Crippen molar-refractivity contribution in [3.05, 3.63) is 12.2 Å². The Morgan fingerprint density at radius 1 is 1.70 bits per heavy atom. The summed E-state index contributed by atoms with van der Waals surface area (Å²) in [7, 11) is 0. The van der Waals surface area contributed by atoms with Crippen LogP contribution in [-0.4, -0.2) is 11.9 Å². The largest absolute Gasteiger partial charge is 0.349 e. The van der Waals surface area contributed by atoms with Crippen LogP contribution in [0, 0.1) is 5.92 Å². The van der Waals surface area contributed by atoms with Gasteiger partial charge in [-0.3, -0.25) is 4.79 Å². The first-order chi connectivity index (χ1) is 4.61. The van der Waals surface area contributed by atoms with Crippen molar-refractivity contribution in [1.29, 1.82) is 0 Å². The maximum absolute atomic E-state index is 10.8. The molecule has 56 valence electrons. The second kappa shape index (κ2) is 2.45. The summed E-state index contributed by atoms with van der Waals surface area (Å²) >= 11 is 0. The monoisotopic (exact) mass is 139 g/mol. The summed E-state index contributed by atoms with van der Waals surface area (Å²) in [5.74, 6) is 0.586. The topological polar surface area (TPSA) is 29.1 Å². The average molecular weight is 139 g/mol. The number of nitrogens with one attached hydrogen (secondary N) is 1. The van der Waals surface area contributed by atoms with Gasteiger partial charge in [0.1, 0.15) is 0 Å². The molecular weight excluding hydrogens is 126 g/mol. The van der Waals surface area contributed by atoms with Gasteiger partial charge >= 0.3 is 0 Å². The summed E-state index contributed by atoms with van der Waals surface area (Å²) < 4.78 is 0. The second-order valence-corrected chi connectivity index (χ2v) is 3.12. The third kappa shape index (κ3) is 1.20. The lowest BCUT2D eigenvalue weighted by Crippen LogP contribution is -2.30. The van der Waals surface area contributed by atoms with Crippen LogP contribution in [0.1, 0.15) is 20.3 Å². The number of rotatable bonds is 1. The molecule has 0 bridgehead atoms. The number of carbonyl (C=O) groups excluding carboxylic acids is 1. The summed E-state index contributed by atoms with van der Waals surface area (Å²) in [6.45, 7) is 7.99. The Morgan fingerprint density at radius 2 is 2.30 bits per heavy atom. The lowest BCUT2D eigenvalue weighted by Gasteiger charge is -2.14. The molecule has 0 saturated carbocycles. The van der Waals surface area contributed by atoms with E-state index >= 15 is 0 Å². The highest BCUT2D eigenvalue weighted by Crippen LogP contribution is 2.19. The van der Waals surface area contributed by atoms with Gasteiger partial charge in [-0.25, -0.2) is 0 Å². The predicted octanol–water partition coefficient (Wildman–Crippen LogP) is 1.09. The summed E-state index contributed by atoms with van der Waals surface area (Å²) in [6, 6.07) is 0.215. The van der Waals surface area contributed by atoms with Crippen molar-refractivity contribution >= 4 is 5.91 Å². The van der Waals surface area contributed by atoms with Crippen molar-refractivity contribution in [3.63, 3.8) is 0 Å². The van der Waals surface area contributed by atoms with Gasteiger partial charge in [0.05, 0.1) is 6.04 Å². The first kappa shape index (κ1) is 7.32. The minimum absolute atomic E-state index is 0.115. The van der Waals surface area contributed by atoms with Crippen LogP contribution in [0.25, 0.3) is 0 Å². The van der Waals surface area contributed by atoms with Gasteiger partial charge < -0.3 is 5.32 Å². The Balaban J connectivity index is 2.63. The average Bonchev–Trinajstić information content (AvgIpc) is 2.10. The Hall–Kier alpha value is -0.790. The van der Waals surface area contributed by atoms with E-state index in [-0.39, 0.29) is 11.9 Å². The predicted molar refractivity (Wildman–Crippen MR) is 40.5 cm³/mol. The van der Waals surface area contributed by atoms with Gasteiger partial charge in [-0.05, 0) is 11.5 Å². The van der Waals surface area contributed by atoms with Crippen LogP contribution in [0.15, 0.2) is 12.2 Å². The van der Waals surface area contributed by atoms with Gasteiger partial charge in [0.25, 0.3) is 0 Å². The molecule has 0 spiro atoms. The van der Waals surface area contributed by atoms with Crippen molar-refractivity contribution in [3.8, 4) is 0 Å². The Bertz CT molecular complexity index is 172. The highest BCUT2D eigenvalue weighted by atomic mass is 16.1. The van der Waals surface area contributed by atoms with Crippen LogP contribution in [0.2, 0.25) is 0 Å². The normalized spacial score (nSPS) is 25.7. The van der Waals surface area contributed by atoms with E-state index < -0.39 is 0 Å². The molecule has 1 aliphatic heterocycles. The van der Waals surface area contributed by atoms with Crippen molar-refractivity contribution in [2.24, 2.45) is 5.92 Å². The molecule has 1 rings (SSSR count). The van der Waals surface area contributed by atoms with E-state index in [1.54, 1.807) is 0 Å². The fraction of sp³-hybridized carbons (Fsp3) is 0.625. The Kier molecular flexibility index (Phi) is 1.79. The zero-order chi connectivity index (χ0) is 7.72. The number of hydrogen-bond acceptors (Lipinski definition) is 1. The molecule has 0 aromatic carbocycles. The lowest BCUT2D eigenvalue weighted by atomic mass is 9.99. The van der Waals surface area contributed by atoms with E-state index in [9.17, 15) is 4.79 Å². The van der Waals surface area contributed by atoms with E-state index in [2.05, 4.69) is 25.7 Å². The SMILES string of the molecule is C=C1CC(=O)NC1C(C)C. The molecule has 10 heavy (non-hydrogen) atoms. The molecular formula is C8H13NO. The molecule has 1 fully saturated rings. The quantitative estimate of drug-likeness (QED) is 0.541. The zero-order valence-electron chi connectivity index (χ0n) is 6.48. The smallest absolute Gasteiger partial charge is 0.224 e. The van der Waals surface area contributed by atoms with Gasteiger partial charge in [0.2, 0.25) is 5.91 Å². The van der Waals surface area contributed by atoms with Crippen LogP contribution >= 0.6 is 0 Å². The Labute approximate surface area is 61.3 Å². The van der Waals surface area contributed by atoms with E-state index in [0.717, 1.165) is 5.57 Å². The van der Waals surface area contributed by atoms with E-state index in [0.29, 0.717) is 12.3 Å². The van der Waals surface area contributed by atoms with Crippen LogP contribution in [0.4, 0.5) is 0 Å². The zero-order valence-corrected chi connectivity index (χ0v) is 6.48. The maximum Gasteiger partial charge on any atom is 0.224 e. The van der Waals surface area contributed by atoms with Crippen LogP contribution in [-0.2, 0) is 4.79 Å². The molecule has 0 radical (unpaired) electrons. The molecule has 1 atom stereocenters. The van der Waals surface area contributed by atoms with E-state index in [4.69, 9.17) is 0 Å². The molecule has 2 nitrogen and oxygen atoms in total. The first-order valence-corrected chi connectivity index (χ1v) is 3.58. The first-order valence-electron chi connectivity index (χ1n) is 3.58. The minimum atomic E-state index is 0.115. The summed E-state index contributed by atoms with van der Waals surface area (Å²) in [6.07, 6.45) is 0.517. The molecule has 1 aliphatic rings. The van der Waals surface area contributed by atoms with Crippen molar-refractivity contribution < 1.29 is 4.79 Å². The van der Waals surface area contributed by atoms with Gasteiger partial charge in [-0.2, -0.15) is 0 Å². The van der Waals surface area contributed by atoms with E-state index in [1.807, 2.05) is 0 Å². The lowest BCUT2D eigenvalue weighted by molar-refractivity contribution is -0.119. The number of hydrogen-bond donors (Lipinski definition) is 1. The molecule has 1 amide bonds. The van der Waals surface area contributed by atoms with Crippen molar-refractivity contribution in [2.75, 3.05) is 0 Å². The minimum Gasteiger partial charge on any atom is -0.349 e.